The molecule has 0 bridgehead atoms. The molecule has 1 aromatic rings. The van der Waals surface area contributed by atoms with Gasteiger partial charge in [0.25, 0.3) is 5.91 Å². The van der Waals surface area contributed by atoms with Crippen molar-refractivity contribution in [2.24, 2.45) is 0 Å². The van der Waals surface area contributed by atoms with E-state index < -0.39 is 24.5 Å². The van der Waals surface area contributed by atoms with Gasteiger partial charge in [0.1, 0.15) is 17.1 Å². The van der Waals surface area contributed by atoms with E-state index in [2.05, 4.69) is 5.32 Å². The second kappa shape index (κ2) is 6.79. The van der Waals surface area contributed by atoms with Crippen LogP contribution < -0.4 is 14.8 Å². The van der Waals surface area contributed by atoms with Crippen LogP contribution >= 0.6 is 0 Å². The number of carbonyl (C=O) groups excluding carboxylic acids is 3. The van der Waals surface area contributed by atoms with E-state index >= 15 is 0 Å². The zero-order chi connectivity index (χ0) is 16.1. The fourth-order valence-corrected chi connectivity index (χ4v) is 2.04. The maximum Gasteiger partial charge on any atom is 0.346 e. The van der Waals surface area contributed by atoms with Crippen LogP contribution in [0.5, 0.6) is 11.5 Å². The maximum atomic E-state index is 12.2. The number of urea groups is 1. The monoisotopic (exact) mass is 308 g/mol. The summed E-state index contributed by atoms with van der Waals surface area (Å²) < 4.78 is 15.2. The fourth-order valence-electron chi connectivity index (χ4n) is 2.04. The summed E-state index contributed by atoms with van der Waals surface area (Å²) in [5.74, 6) is -0.800. The van der Waals surface area contributed by atoms with Crippen LogP contribution in [0.25, 0.3) is 0 Å². The molecule has 1 fully saturated rings. The summed E-state index contributed by atoms with van der Waals surface area (Å²) >= 11 is 0. The van der Waals surface area contributed by atoms with Crippen molar-refractivity contribution in [2.75, 3.05) is 33.9 Å². The number of nitrogens with zero attached hydrogens (tertiary/aromatic N) is 1. The van der Waals surface area contributed by atoms with E-state index in [1.54, 1.807) is 18.2 Å². The van der Waals surface area contributed by atoms with Gasteiger partial charge >= 0.3 is 12.0 Å². The van der Waals surface area contributed by atoms with Gasteiger partial charge in [-0.25, -0.2) is 9.59 Å². The Morgan fingerprint density at radius 2 is 1.86 bits per heavy atom. The molecule has 3 amide bonds. The van der Waals surface area contributed by atoms with E-state index in [0.717, 1.165) is 4.90 Å². The lowest BCUT2D eigenvalue weighted by atomic mass is 10.2. The minimum absolute atomic E-state index is 0.0890. The van der Waals surface area contributed by atoms with Crippen molar-refractivity contribution >= 4 is 17.9 Å². The van der Waals surface area contributed by atoms with E-state index in [1.807, 2.05) is 0 Å². The molecule has 2 rings (SSSR count). The molecular formula is C14H16N2O6. The fraction of sp³-hybridized carbons (Fsp3) is 0.357. The van der Waals surface area contributed by atoms with Crippen LogP contribution in [0.15, 0.2) is 18.2 Å². The first kappa shape index (κ1) is 15.6. The molecular weight excluding hydrogens is 292 g/mol. The van der Waals surface area contributed by atoms with Crippen LogP contribution in [0.2, 0.25) is 0 Å². The molecule has 0 spiro atoms. The van der Waals surface area contributed by atoms with Gasteiger partial charge in [0.15, 0.2) is 6.61 Å². The van der Waals surface area contributed by atoms with Crippen molar-refractivity contribution in [3.05, 3.63) is 23.8 Å². The number of rotatable bonds is 5. The topological polar surface area (TPSA) is 94.2 Å². The number of imide groups is 1. The van der Waals surface area contributed by atoms with Gasteiger partial charge in [0, 0.05) is 13.1 Å². The largest absolute Gasteiger partial charge is 0.496 e. The van der Waals surface area contributed by atoms with Crippen LogP contribution in [-0.4, -0.2) is 56.7 Å². The number of carbonyl (C=O) groups is 3. The van der Waals surface area contributed by atoms with E-state index in [4.69, 9.17) is 14.2 Å². The van der Waals surface area contributed by atoms with Crippen LogP contribution in [0, 0.1) is 0 Å². The van der Waals surface area contributed by atoms with Crippen LogP contribution in [0.1, 0.15) is 10.4 Å². The number of nitrogens with one attached hydrogen (secondary N) is 1. The molecule has 1 N–H and O–H groups in total. The number of amides is 3. The number of hydrogen-bond donors (Lipinski definition) is 1. The summed E-state index contributed by atoms with van der Waals surface area (Å²) in [5.41, 5.74) is 0.0890. The molecule has 0 saturated carbocycles. The van der Waals surface area contributed by atoms with Crippen molar-refractivity contribution in [1.29, 1.82) is 0 Å². The molecule has 0 radical (unpaired) electrons. The highest BCUT2D eigenvalue weighted by Crippen LogP contribution is 2.28. The summed E-state index contributed by atoms with van der Waals surface area (Å²) in [7, 11) is 2.82. The molecule has 1 aliphatic rings. The Balaban J connectivity index is 2.06. The zero-order valence-corrected chi connectivity index (χ0v) is 12.3. The molecule has 0 atom stereocenters. The maximum absolute atomic E-state index is 12.2. The summed E-state index contributed by atoms with van der Waals surface area (Å²) in [4.78, 5) is 36.3. The third-order valence-corrected chi connectivity index (χ3v) is 3.12. The average Bonchev–Trinajstić information content (AvgIpc) is 2.97. The molecule has 8 nitrogen and oxygen atoms in total. The predicted molar refractivity (Wildman–Crippen MR) is 74.9 cm³/mol. The lowest BCUT2D eigenvalue weighted by Crippen LogP contribution is -2.37. The summed E-state index contributed by atoms with van der Waals surface area (Å²) in [6.07, 6.45) is 0. The molecule has 0 aromatic heterocycles. The molecule has 1 saturated heterocycles. The molecule has 0 aliphatic carbocycles. The summed E-state index contributed by atoms with van der Waals surface area (Å²) in [6, 6.07) is 4.33. The molecule has 1 aliphatic heterocycles. The number of methoxy groups -OCH3 is 2. The molecule has 118 valence electrons. The van der Waals surface area contributed by atoms with Gasteiger partial charge in [-0.15, -0.1) is 0 Å². The SMILES string of the molecule is COc1cccc(OC)c1C(=O)OCC(=O)N1CCNC1=O. The molecule has 1 heterocycles. The van der Waals surface area contributed by atoms with Gasteiger partial charge in [0.2, 0.25) is 0 Å². The summed E-state index contributed by atoms with van der Waals surface area (Å²) in [6.45, 7) is 0.111. The number of esters is 1. The summed E-state index contributed by atoms with van der Waals surface area (Å²) in [5, 5.41) is 2.49. The van der Waals surface area contributed by atoms with Crippen molar-refractivity contribution in [3.8, 4) is 11.5 Å². The standard InChI is InChI=1S/C14H16N2O6/c1-20-9-4-3-5-10(21-2)12(9)13(18)22-8-11(17)16-7-6-15-14(16)19/h3-5H,6-8H2,1-2H3,(H,15,19). The minimum Gasteiger partial charge on any atom is -0.496 e. The first-order valence-corrected chi connectivity index (χ1v) is 6.54. The van der Waals surface area contributed by atoms with E-state index in [1.165, 1.54) is 14.2 Å². The smallest absolute Gasteiger partial charge is 0.346 e. The highest BCUT2D eigenvalue weighted by molar-refractivity contribution is 5.99. The Morgan fingerprint density at radius 3 is 2.36 bits per heavy atom. The molecule has 8 heteroatoms. The Morgan fingerprint density at radius 1 is 1.23 bits per heavy atom. The van der Waals surface area contributed by atoms with Gasteiger partial charge < -0.3 is 19.5 Å². The van der Waals surface area contributed by atoms with E-state index in [9.17, 15) is 14.4 Å². The van der Waals surface area contributed by atoms with Crippen molar-refractivity contribution < 1.29 is 28.6 Å². The average molecular weight is 308 g/mol. The molecule has 22 heavy (non-hydrogen) atoms. The minimum atomic E-state index is -0.762. The van der Waals surface area contributed by atoms with Gasteiger partial charge in [-0.05, 0) is 12.1 Å². The Kier molecular flexibility index (Phi) is 4.82. The van der Waals surface area contributed by atoms with Gasteiger partial charge in [-0.2, -0.15) is 0 Å². The highest BCUT2D eigenvalue weighted by Gasteiger charge is 2.28. The highest BCUT2D eigenvalue weighted by atomic mass is 16.5. The second-order valence-corrected chi connectivity index (χ2v) is 4.39. The Labute approximate surface area is 126 Å². The zero-order valence-electron chi connectivity index (χ0n) is 12.3. The lowest BCUT2D eigenvalue weighted by Gasteiger charge is -2.14. The van der Waals surface area contributed by atoms with Crippen LogP contribution in [-0.2, 0) is 9.53 Å². The second-order valence-electron chi connectivity index (χ2n) is 4.39. The quantitative estimate of drug-likeness (QED) is 0.792. The first-order chi connectivity index (χ1) is 10.6. The molecule has 0 unspecified atom stereocenters. The molecule has 1 aromatic carbocycles. The Hall–Kier alpha value is -2.77. The van der Waals surface area contributed by atoms with Gasteiger partial charge in [-0.1, -0.05) is 6.07 Å². The third-order valence-electron chi connectivity index (χ3n) is 3.12. The van der Waals surface area contributed by atoms with E-state index in [0.29, 0.717) is 6.54 Å². The van der Waals surface area contributed by atoms with Crippen molar-refractivity contribution in [1.82, 2.24) is 10.2 Å². The van der Waals surface area contributed by atoms with Gasteiger partial charge in [0.05, 0.1) is 14.2 Å². The third kappa shape index (κ3) is 3.11. The Bertz CT molecular complexity index is 579. The number of hydrogen-bond acceptors (Lipinski definition) is 6. The lowest BCUT2D eigenvalue weighted by molar-refractivity contribution is -0.130. The first-order valence-electron chi connectivity index (χ1n) is 6.54. The van der Waals surface area contributed by atoms with Crippen LogP contribution in [0.4, 0.5) is 4.79 Å². The van der Waals surface area contributed by atoms with Crippen molar-refractivity contribution in [2.45, 2.75) is 0 Å². The number of ether oxygens (including phenoxy) is 3. The van der Waals surface area contributed by atoms with Crippen LogP contribution in [0.3, 0.4) is 0 Å². The van der Waals surface area contributed by atoms with Crippen molar-refractivity contribution in [3.63, 3.8) is 0 Å². The van der Waals surface area contributed by atoms with E-state index in [-0.39, 0.29) is 23.6 Å². The normalized spacial score (nSPS) is 13.5. The predicted octanol–water partition coefficient (Wildman–Crippen LogP) is 0.412. The number of benzene rings is 1. The van der Waals surface area contributed by atoms with Gasteiger partial charge in [-0.3, -0.25) is 9.69 Å².